The van der Waals surface area contributed by atoms with Crippen LogP contribution in [0.1, 0.15) is 12.0 Å². The first-order valence-corrected chi connectivity index (χ1v) is 6.72. The second kappa shape index (κ2) is 8.10. The van der Waals surface area contributed by atoms with Gasteiger partial charge in [-0.1, -0.05) is 30.9 Å². The number of hydrogen-bond acceptors (Lipinski definition) is 3. The van der Waals surface area contributed by atoms with Gasteiger partial charge in [0.1, 0.15) is 12.4 Å². The van der Waals surface area contributed by atoms with Crippen LogP contribution >= 0.6 is 12.4 Å². The average Bonchev–Trinajstić information content (AvgIpc) is 2.83. The van der Waals surface area contributed by atoms with Gasteiger partial charge in [0.2, 0.25) is 5.91 Å². The van der Waals surface area contributed by atoms with E-state index in [0.29, 0.717) is 12.4 Å². The first-order chi connectivity index (χ1) is 10.0. The van der Waals surface area contributed by atoms with Crippen molar-refractivity contribution in [2.75, 3.05) is 13.2 Å². The van der Waals surface area contributed by atoms with Gasteiger partial charge < -0.3 is 10.1 Å². The lowest BCUT2D eigenvalue weighted by atomic mass is 10.1. The zero-order valence-corrected chi connectivity index (χ0v) is 12.8. The number of ether oxygens (including phenoxy) is 1. The van der Waals surface area contributed by atoms with Crippen LogP contribution in [0.25, 0.3) is 0 Å². The summed E-state index contributed by atoms with van der Waals surface area (Å²) in [6.07, 6.45) is 1.16. The molecule has 0 bridgehead atoms. The third kappa shape index (κ3) is 4.96. The van der Waals surface area contributed by atoms with Crippen LogP contribution in [0.4, 0.5) is 8.78 Å². The molecule has 1 unspecified atom stereocenters. The molecule has 1 aromatic rings. The van der Waals surface area contributed by atoms with Crippen LogP contribution in [0.2, 0.25) is 0 Å². The molecule has 1 aliphatic heterocycles. The van der Waals surface area contributed by atoms with Gasteiger partial charge in [-0.3, -0.25) is 10.1 Å². The largest absolute Gasteiger partial charge is 0.489 e. The van der Waals surface area contributed by atoms with Gasteiger partial charge in [-0.15, -0.1) is 12.4 Å². The average molecular weight is 333 g/mol. The lowest BCUT2D eigenvalue weighted by Crippen LogP contribution is -2.40. The molecule has 1 heterocycles. The van der Waals surface area contributed by atoms with Crippen LogP contribution in [0.5, 0.6) is 5.75 Å². The zero-order chi connectivity index (χ0) is 15.3. The summed E-state index contributed by atoms with van der Waals surface area (Å²) in [5, 5.41) is 5.18. The Kier molecular flexibility index (Phi) is 6.77. The number of rotatable bonds is 6. The third-order valence-corrected chi connectivity index (χ3v) is 3.21. The number of benzene rings is 1. The van der Waals surface area contributed by atoms with Crippen LogP contribution in [0.15, 0.2) is 36.9 Å². The van der Waals surface area contributed by atoms with Crippen molar-refractivity contribution in [3.8, 4) is 5.75 Å². The summed E-state index contributed by atoms with van der Waals surface area (Å²) < 4.78 is 31.6. The molecule has 0 saturated carbocycles. The van der Waals surface area contributed by atoms with Crippen molar-refractivity contribution in [2.45, 2.75) is 24.9 Å². The molecule has 4 nitrogen and oxygen atoms in total. The minimum absolute atomic E-state index is 0. The lowest BCUT2D eigenvalue weighted by Gasteiger charge is -2.13. The van der Waals surface area contributed by atoms with Gasteiger partial charge in [0, 0.05) is 18.5 Å². The van der Waals surface area contributed by atoms with Crippen LogP contribution in [0, 0.1) is 0 Å². The van der Waals surface area contributed by atoms with Crippen LogP contribution in [-0.4, -0.2) is 31.0 Å². The Morgan fingerprint density at radius 2 is 2.23 bits per heavy atom. The summed E-state index contributed by atoms with van der Waals surface area (Å²) in [5.41, 5.74) is 0.789. The van der Waals surface area contributed by atoms with Crippen molar-refractivity contribution in [1.29, 1.82) is 0 Å². The summed E-state index contributed by atoms with van der Waals surface area (Å²) in [5.74, 6) is -2.60. The van der Waals surface area contributed by atoms with Crippen LogP contribution < -0.4 is 15.4 Å². The topological polar surface area (TPSA) is 50.4 Å². The molecule has 22 heavy (non-hydrogen) atoms. The molecule has 2 rings (SSSR count). The summed E-state index contributed by atoms with van der Waals surface area (Å²) in [6.45, 7) is 3.71. The third-order valence-electron chi connectivity index (χ3n) is 3.21. The smallest absolute Gasteiger partial charge is 0.262 e. The highest BCUT2D eigenvalue weighted by molar-refractivity contribution is 5.85. The van der Waals surface area contributed by atoms with E-state index >= 15 is 0 Å². The van der Waals surface area contributed by atoms with Crippen molar-refractivity contribution in [3.63, 3.8) is 0 Å². The fourth-order valence-corrected chi connectivity index (χ4v) is 2.15. The second-order valence-electron chi connectivity index (χ2n) is 4.92. The highest BCUT2D eigenvalue weighted by Crippen LogP contribution is 2.25. The Morgan fingerprint density at radius 3 is 2.86 bits per heavy atom. The molecule has 1 aromatic carbocycles. The van der Waals surface area contributed by atoms with E-state index in [1.54, 1.807) is 12.1 Å². The summed E-state index contributed by atoms with van der Waals surface area (Å²) in [6, 6.07) is 6.40. The maximum Gasteiger partial charge on any atom is 0.262 e. The molecule has 122 valence electrons. The molecule has 1 amide bonds. The van der Waals surface area contributed by atoms with Crippen LogP contribution in [-0.2, 0) is 11.3 Å². The van der Waals surface area contributed by atoms with E-state index in [2.05, 4.69) is 17.2 Å². The highest BCUT2D eigenvalue weighted by atomic mass is 35.5. The zero-order valence-electron chi connectivity index (χ0n) is 12.0. The lowest BCUT2D eigenvalue weighted by molar-refractivity contribution is -0.123. The van der Waals surface area contributed by atoms with Gasteiger partial charge in [0.25, 0.3) is 5.92 Å². The second-order valence-corrected chi connectivity index (χ2v) is 4.92. The molecule has 0 aliphatic carbocycles. The van der Waals surface area contributed by atoms with Crippen molar-refractivity contribution >= 4 is 18.3 Å². The van der Waals surface area contributed by atoms with E-state index in [1.807, 2.05) is 18.2 Å². The van der Waals surface area contributed by atoms with Gasteiger partial charge in [0.15, 0.2) is 0 Å². The fourth-order valence-electron chi connectivity index (χ4n) is 2.15. The number of para-hydroxylation sites is 1. The van der Waals surface area contributed by atoms with Gasteiger partial charge in [-0.2, -0.15) is 0 Å². The number of carbonyl (C=O) groups excluding carboxylic acids is 1. The molecule has 1 fully saturated rings. The summed E-state index contributed by atoms with van der Waals surface area (Å²) in [4.78, 5) is 11.9. The number of amides is 1. The quantitative estimate of drug-likeness (QED) is 0.786. The Labute approximate surface area is 134 Å². The minimum atomic E-state index is -2.81. The minimum Gasteiger partial charge on any atom is -0.489 e. The van der Waals surface area contributed by atoms with Crippen molar-refractivity contribution in [2.24, 2.45) is 0 Å². The van der Waals surface area contributed by atoms with E-state index in [4.69, 9.17) is 4.74 Å². The Balaban J connectivity index is 0.00000242. The number of nitrogens with one attached hydrogen (secondary N) is 2. The van der Waals surface area contributed by atoms with E-state index < -0.39 is 30.8 Å². The van der Waals surface area contributed by atoms with E-state index in [-0.39, 0.29) is 19.0 Å². The number of hydrogen-bond donors (Lipinski definition) is 2. The predicted molar refractivity (Wildman–Crippen MR) is 82.6 cm³/mol. The molecule has 1 saturated heterocycles. The molecular weight excluding hydrogens is 314 g/mol. The molecule has 2 N–H and O–H groups in total. The maximum absolute atomic E-state index is 13.0. The first kappa shape index (κ1) is 18.4. The van der Waals surface area contributed by atoms with Gasteiger partial charge in [-0.05, 0) is 6.07 Å². The van der Waals surface area contributed by atoms with Gasteiger partial charge >= 0.3 is 0 Å². The standard InChI is InChI=1S/C15H18F2N2O2.ClH/c1-2-7-21-13-6-4-3-5-11(13)9-18-14(20)12-8-15(16,17)10-19-12;/h2-6,12,19H,1,7-10H2,(H,18,20);1H. The highest BCUT2D eigenvalue weighted by Gasteiger charge is 2.42. The van der Waals surface area contributed by atoms with Crippen LogP contribution in [0.3, 0.4) is 0 Å². The number of halogens is 3. The van der Waals surface area contributed by atoms with Gasteiger partial charge in [-0.25, -0.2) is 8.78 Å². The molecule has 0 spiro atoms. The summed E-state index contributed by atoms with van der Waals surface area (Å²) >= 11 is 0. The maximum atomic E-state index is 13.0. The number of carbonyl (C=O) groups is 1. The van der Waals surface area contributed by atoms with E-state index in [0.717, 1.165) is 5.56 Å². The normalized spacial score (nSPS) is 19.1. The van der Waals surface area contributed by atoms with E-state index in [9.17, 15) is 13.6 Å². The summed E-state index contributed by atoms with van der Waals surface area (Å²) in [7, 11) is 0. The van der Waals surface area contributed by atoms with Gasteiger partial charge in [0.05, 0.1) is 12.6 Å². The molecule has 1 atom stereocenters. The number of alkyl halides is 2. The fraction of sp³-hybridized carbons (Fsp3) is 0.400. The first-order valence-electron chi connectivity index (χ1n) is 6.72. The molecule has 1 aliphatic rings. The molecule has 0 radical (unpaired) electrons. The Morgan fingerprint density at radius 1 is 1.50 bits per heavy atom. The Hall–Kier alpha value is -1.66. The monoisotopic (exact) mass is 332 g/mol. The van der Waals surface area contributed by atoms with Crippen molar-refractivity contribution < 1.29 is 18.3 Å². The Bertz CT molecular complexity index is 526. The molecule has 0 aromatic heterocycles. The molecule has 7 heteroatoms. The predicted octanol–water partition coefficient (Wildman–Crippen LogP) is 2.29. The van der Waals surface area contributed by atoms with E-state index in [1.165, 1.54) is 0 Å². The SMILES string of the molecule is C=CCOc1ccccc1CNC(=O)C1CC(F)(F)CN1.Cl. The molecular formula is C15H19ClF2N2O2. The van der Waals surface area contributed by atoms with Crippen molar-refractivity contribution in [1.82, 2.24) is 10.6 Å². The van der Waals surface area contributed by atoms with Crippen molar-refractivity contribution in [3.05, 3.63) is 42.5 Å².